The second kappa shape index (κ2) is 9.09. The van der Waals surface area contributed by atoms with Gasteiger partial charge in [-0.25, -0.2) is 18.1 Å². The first kappa shape index (κ1) is 21.8. The summed E-state index contributed by atoms with van der Waals surface area (Å²) < 4.78 is 27.7. The highest BCUT2D eigenvalue weighted by atomic mass is 32.2. The molecule has 0 bridgehead atoms. The maximum atomic E-state index is 13.0. The lowest BCUT2D eigenvalue weighted by Crippen LogP contribution is -2.38. The van der Waals surface area contributed by atoms with Crippen LogP contribution >= 0.6 is 11.3 Å². The molecule has 2 N–H and O–H groups in total. The molecular formula is C24H24N4O3S2. The van der Waals surface area contributed by atoms with Crippen LogP contribution in [0.4, 0.5) is 0 Å². The van der Waals surface area contributed by atoms with E-state index in [1.54, 1.807) is 12.1 Å². The number of sulfonamides is 1. The van der Waals surface area contributed by atoms with Gasteiger partial charge < -0.3 is 9.88 Å². The predicted octanol–water partition coefficient (Wildman–Crippen LogP) is 4.12. The quantitative estimate of drug-likeness (QED) is 0.434. The van der Waals surface area contributed by atoms with Crippen LogP contribution in [-0.4, -0.2) is 42.3 Å². The van der Waals surface area contributed by atoms with E-state index in [4.69, 9.17) is 4.98 Å². The van der Waals surface area contributed by atoms with Crippen LogP contribution in [-0.2, 0) is 16.6 Å². The third-order valence-corrected chi connectivity index (χ3v) is 8.30. The number of likely N-dealkylation sites (tertiary alicyclic amines) is 1. The van der Waals surface area contributed by atoms with Gasteiger partial charge in [-0.05, 0) is 60.7 Å². The minimum absolute atomic E-state index is 0.0754. The van der Waals surface area contributed by atoms with E-state index < -0.39 is 10.0 Å². The van der Waals surface area contributed by atoms with E-state index in [2.05, 4.69) is 9.71 Å². The molecule has 0 unspecified atom stereocenters. The van der Waals surface area contributed by atoms with Crippen LogP contribution in [0, 0.1) is 0 Å². The molecule has 1 aliphatic rings. The van der Waals surface area contributed by atoms with Crippen LogP contribution < -0.4 is 4.72 Å². The number of aromatic amines is 1. The number of piperidine rings is 1. The Morgan fingerprint density at radius 2 is 1.82 bits per heavy atom. The second-order valence-electron chi connectivity index (χ2n) is 8.13. The highest BCUT2D eigenvalue weighted by Gasteiger charge is 2.26. The Kier molecular flexibility index (Phi) is 6.01. The van der Waals surface area contributed by atoms with Crippen molar-refractivity contribution in [2.24, 2.45) is 0 Å². The van der Waals surface area contributed by atoms with Gasteiger partial charge in [0.25, 0.3) is 5.91 Å². The first-order valence-electron chi connectivity index (χ1n) is 10.9. The van der Waals surface area contributed by atoms with Crippen molar-refractivity contribution in [3.8, 4) is 0 Å². The molecule has 0 aliphatic carbocycles. The van der Waals surface area contributed by atoms with Gasteiger partial charge in [0.2, 0.25) is 10.0 Å². The number of imidazole rings is 1. The van der Waals surface area contributed by atoms with E-state index >= 15 is 0 Å². The normalized spacial score (nSPS) is 15.2. The fourth-order valence-electron chi connectivity index (χ4n) is 4.14. The SMILES string of the molecule is O=C(c1ccc(S(=O)(=O)NCc2cccs2)cc1)N1CCC(c2nc3ccccc3[nH]2)CC1. The number of aromatic nitrogens is 2. The van der Waals surface area contributed by atoms with Gasteiger partial charge in [0, 0.05) is 36.0 Å². The maximum absolute atomic E-state index is 13.0. The van der Waals surface area contributed by atoms with Crippen molar-refractivity contribution in [2.45, 2.75) is 30.2 Å². The average Bonchev–Trinajstić information content (AvgIpc) is 3.52. The van der Waals surface area contributed by atoms with Gasteiger partial charge in [0.05, 0.1) is 15.9 Å². The van der Waals surface area contributed by atoms with Crippen molar-refractivity contribution in [3.63, 3.8) is 0 Å². The largest absolute Gasteiger partial charge is 0.342 e. The van der Waals surface area contributed by atoms with Crippen molar-refractivity contribution in [1.82, 2.24) is 19.6 Å². The van der Waals surface area contributed by atoms with Gasteiger partial charge in [-0.3, -0.25) is 4.79 Å². The number of amides is 1. The van der Waals surface area contributed by atoms with Gasteiger partial charge in [-0.1, -0.05) is 18.2 Å². The minimum Gasteiger partial charge on any atom is -0.342 e. The number of hydrogen-bond acceptors (Lipinski definition) is 5. The lowest BCUT2D eigenvalue weighted by atomic mass is 9.95. The Morgan fingerprint density at radius 3 is 2.52 bits per heavy atom. The molecule has 0 spiro atoms. The Labute approximate surface area is 196 Å². The summed E-state index contributed by atoms with van der Waals surface area (Å²) in [6, 6.07) is 17.9. The van der Waals surface area contributed by atoms with Gasteiger partial charge >= 0.3 is 0 Å². The molecular weight excluding hydrogens is 456 g/mol. The molecule has 1 fully saturated rings. The highest BCUT2D eigenvalue weighted by Crippen LogP contribution is 2.28. The minimum atomic E-state index is -3.63. The highest BCUT2D eigenvalue weighted by molar-refractivity contribution is 7.89. The summed E-state index contributed by atoms with van der Waals surface area (Å²) in [6.07, 6.45) is 1.68. The predicted molar refractivity (Wildman–Crippen MR) is 129 cm³/mol. The standard InChI is InChI=1S/C24H24N4O3S2/c29-24(18-7-9-20(10-8-18)33(30,31)25-16-19-4-3-15-32-19)28-13-11-17(12-14-28)23-26-21-5-1-2-6-22(21)27-23/h1-10,15,17,25H,11-14,16H2,(H,26,27). The number of rotatable bonds is 6. The smallest absolute Gasteiger partial charge is 0.253 e. The molecule has 3 heterocycles. The Balaban J connectivity index is 1.20. The van der Waals surface area contributed by atoms with Gasteiger partial charge in [0.1, 0.15) is 5.82 Å². The molecule has 0 saturated carbocycles. The number of thiophene rings is 1. The molecule has 0 atom stereocenters. The summed E-state index contributed by atoms with van der Waals surface area (Å²) in [5.41, 5.74) is 2.49. The number of fused-ring (bicyclic) bond motifs is 1. The van der Waals surface area contributed by atoms with E-state index in [-0.39, 0.29) is 17.3 Å². The molecule has 2 aromatic carbocycles. The van der Waals surface area contributed by atoms with Crippen LogP contribution in [0.2, 0.25) is 0 Å². The number of benzene rings is 2. The zero-order valence-corrected chi connectivity index (χ0v) is 19.5. The van der Waals surface area contributed by atoms with Crippen molar-refractivity contribution < 1.29 is 13.2 Å². The van der Waals surface area contributed by atoms with Gasteiger partial charge in [-0.2, -0.15) is 0 Å². The number of carbonyl (C=O) groups is 1. The van der Waals surface area contributed by atoms with Crippen LogP contribution in [0.5, 0.6) is 0 Å². The van der Waals surface area contributed by atoms with Crippen molar-refractivity contribution in [2.75, 3.05) is 13.1 Å². The molecule has 33 heavy (non-hydrogen) atoms. The summed E-state index contributed by atoms with van der Waals surface area (Å²) in [5.74, 6) is 1.20. The lowest BCUT2D eigenvalue weighted by Gasteiger charge is -2.31. The third kappa shape index (κ3) is 4.71. The van der Waals surface area contributed by atoms with Crippen LogP contribution in [0.3, 0.4) is 0 Å². The Hall–Kier alpha value is -3.01. The Morgan fingerprint density at radius 1 is 1.06 bits per heavy atom. The molecule has 1 saturated heterocycles. The second-order valence-corrected chi connectivity index (χ2v) is 10.9. The summed E-state index contributed by atoms with van der Waals surface area (Å²) >= 11 is 1.50. The molecule has 4 aromatic rings. The topological polar surface area (TPSA) is 95.2 Å². The van der Waals surface area contributed by atoms with Crippen molar-refractivity contribution in [3.05, 3.63) is 82.3 Å². The number of nitrogens with one attached hydrogen (secondary N) is 2. The zero-order valence-electron chi connectivity index (χ0n) is 17.9. The number of hydrogen-bond donors (Lipinski definition) is 2. The Bertz CT molecular complexity index is 1320. The number of carbonyl (C=O) groups excluding carboxylic acids is 1. The maximum Gasteiger partial charge on any atom is 0.253 e. The molecule has 0 radical (unpaired) electrons. The van der Waals surface area contributed by atoms with Crippen LogP contribution in [0.15, 0.2) is 70.9 Å². The summed E-state index contributed by atoms with van der Waals surface area (Å²) in [6.45, 7) is 1.53. The first-order valence-corrected chi connectivity index (χ1v) is 13.2. The molecule has 5 rings (SSSR count). The number of H-pyrrole nitrogens is 1. The van der Waals surface area contributed by atoms with Crippen molar-refractivity contribution >= 4 is 38.3 Å². The molecule has 7 nitrogen and oxygen atoms in total. The fraction of sp³-hybridized carbons (Fsp3) is 0.250. The third-order valence-electron chi connectivity index (χ3n) is 6.00. The van der Waals surface area contributed by atoms with Crippen molar-refractivity contribution in [1.29, 1.82) is 0 Å². The number of para-hydroxylation sites is 2. The molecule has 1 amide bonds. The monoisotopic (exact) mass is 480 g/mol. The molecule has 170 valence electrons. The average molecular weight is 481 g/mol. The van der Waals surface area contributed by atoms with E-state index in [1.807, 2.05) is 46.7 Å². The molecule has 1 aliphatic heterocycles. The van der Waals surface area contributed by atoms with Gasteiger partial charge in [0.15, 0.2) is 0 Å². The fourth-order valence-corrected chi connectivity index (χ4v) is 5.89. The van der Waals surface area contributed by atoms with Crippen LogP contribution in [0.25, 0.3) is 11.0 Å². The summed E-state index contributed by atoms with van der Waals surface area (Å²) in [5, 5.41) is 1.91. The zero-order chi connectivity index (χ0) is 22.8. The van der Waals surface area contributed by atoms with Crippen LogP contribution in [0.1, 0.15) is 39.8 Å². The first-order chi connectivity index (χ1) is 16.0. The summed E-state index contributed by atoms with van der Waals surface area (Å²) in [4.78, 5) is 24.0. The van der Waals surface area contributed by atoms with E-state index in [0.29, 0.717) is 24.6 Å². The molecule has 2 aromatic heterocycles. The summed E-state index contributed by atoms with van der Waals surface area (Å²) in [7, 11) is -3.63. The van der Waals surface area contributed by atoms with Gasteiger partial charge in [-0.15, -0.1) is 11.3 Å². The van der Waals surface area contributed by atoms with E-state index in [0.717, 1.165) is 34.6 Å². The van der Waals surface area contributed by atoms with E-state index in [1.165, 1.54) is 23.5 Å². The lowest BCUT2D eigenvalue weighted by molar-refractivity contribution is 0.0711. The van der Waals surface area contributed by atoms with E-state index in [9.17, 15) is 13.2 Å². The molecule has 9 heteroatoms. The number of nitrogens with zero attached hydrogens (tertiary/aromatic N) is 2.